The molecule has 0 aromatic heterocycles. The van der Waals surface area contributed by atoms with Crippen LogP contribution < -0.4 is 25.2 Å². The molecule has 33 heavy (non-hydrogen) atoms. The summed E-state index contributed by atoms with van der Waals surface area (Å²) < 4.78 is 25.2. The minimum Gasteiger partial charge on any atom is -0.482 e. The predicted octanol–water partition coefficient (Wildman–Crippen LogP) is 2.18. The third kappa shape index (κ3) is 3.97. The van der Waals surface area contributed by atoms with Gasteiger partial charge in [-0.2, -0.15) is 0 Å². The number of likely N-dealkylation sites (N-methyl/N-ethyl adjacent to an activating group) is 1. The monoisotopic (exact) mass is 454 g/mol. The Balaban J connectivity index is 1.18. The molecule has 1 saturated heterocycles. The molecule has 3 aliphatic rings. The third-order valence-electron chi connectivity index (χ3n) is 6.09. The van der Waals surface area contributed by atoms with Crippen LogP contribution in [-0.4, -0.2) is 50.8 Å². The number of halogens is 1. The van der Waals surface area contributed by atoms with Gasteiger partial charge in [-0.05, 0) is 42.8 Å². The van der Waals surface area contributed by atoms with Crippen molar-refractivity contribution in [1.29, 1.82) is 0 Å². The first-order chi connectivity index (χ1) is 15.9. The summed E-state index contributed by atoms with van der Waals surface area (Å²) in [5.41, 5.74) is 3.04. The number of fused-ring (bicyclic) bond motifs is 2. The van der Waals surface area contributed by atoms with E-state index in [9.17, 15) is 18.8 Å². The average Bonchev–Trinajstić information content (AvgIpc) is 3.31. The van der Waals surface area contributed by atoms with Crippen LogP contribution in [0.1, 0.15) is 17.5 Å². The first-order valence-electron chi connectivity index (χ1n) is 10.7. The largest absolute Gasteiger partial charge is 0.482 e. The number of cyclic esters (lactones) is 1. The first-order valence-corrected chi connectivity index (χ1v) is 10.7. The minimum absolute atomic E-state index is 0.0323. The summed E-state index contributed by atoms with van der Waals surface area (Å²) in [4.78, 5) is 38.9. The maximum atomic E-state index is 14.4. The fourth-order valence-electron chi connectivity index (χ4n) is 4.39. The van der Waals surface area contributed by atoms with Gasteiger partial charge in [0.1, 0.15) is 17.7 Å². The third-order valence-corrected chi connectivity index (χ3v) is 6.09. The van der Waals surface area contributed by atoms with Crippen molar-refractivity contribution in [1.82, 2.24) is 5.32 Å². The number of ether oxygens (including phenoxy) is 2. The van der Waals surface area contributed by atoms with E-state index in [0.717, 1.165) is 5.56 Å². The number of anilines is 3. The van der Waals surface area contributed by atoms with Crippen LogP contribution in [0.15, 0.2) is 30.3 Å². The highest BCUT2D eigenvalue weighted by molar-refractivity contribution is 6.02. The zero-order chi connectivity index (χ0) is 23.1. The Bertz CT molecular complexity index is 1150. The number of nitrogens with zero attached hydrogens (tertiary/aromatic N) is 2. The number of carbonyl (C=O) groups is 3. The van der Waals surface area contributed by atoms with Crippen molar-refractivity contribution in [3.05, 3.63) is 47.3 Å². The molecule has 3 aliphatic heterocycles. The van der Waals surface area contributed by atoms with Crippen LogP contribution in [-0.2, 0) is 27.3 Å². The van der Waals surface area contributed by atoms with E-state index < -0.39 is 6.09 Å². The minimum atomic E-state index is -0.463. The van der Waals surface area contributed by atoms with Crippen LogP contribution >= 0.6 is 0 Å². The fourth-order valence-corrected chi connectivity index (χ4v) is 4.39. The second kappa shape index (κ2) is 8.36. The van der Waals surface area contributed by atoms with E-state index in [0.29, 0.717) is 47.9 Å². The molecule has 1 unspecified atom stereocenters. The number of benzene rings is 2. The average molecular weight is 454 g/mol. The summed E-state index contributed by atoms with van der Waals surface area (Å²) in [5, 5.41) is 5.93. The first kappa shape index (κ1) is 21.2. The number of carbonyl (C=O) groups excluding carboxylic acids is 3. The highest BCUT2D eigenvalue weighted by Gasteiger charge is 2.33. The molecular weight excluding hydrogens is 431 g/mol. The standard InChI is InChI=1S/C23H23FN4O5/c1-27-21(30)8-13-2-4-17(24)16(22(13)27)10-25-7-6-15-11-28(23(31)33-15)14-3-5-19-18(9-14)26-20(29)12-32-19/h2-5,9,15,25H,6-8,10-12H2,1H3,(H,26,29). The molecular formula is C23H23FN4O5. The Morgan fingerprint density at radius 2 is 2.06 bits per heavy atom. The van der Waals surface area contributed by atoms with Crippen LogP contribution in [0, 0.1) is 5.82 Å². The maximum absolute atomic E-state index is 14.4. The molecule has 0 radical (unpaired) electrons. The van der Waals surface area contributed by atoms with Crippen molar-refractivity contribution in [2.24, 2.45) is 0 Å². The predicted molar refractivity (Wildman–Crippen MR) is 118 cm³/mol. The second-order valence-corrected chi connectivity index (χ2v) is 8.26. The van der Waals surface area contributed by atoms with Crippen LogP contribution in [0.3, 0.4) is 0 Å². The Kier molecular flexibility index (Phi) is 5.37. The molecule has 0 saturated carbocycles. The molecule has 0 aliphatic carbocycles. The Labute approximate surface area is 189 Å². The highest BCUT2D eigenvalue weighted by atomic mass is 19.1. The summed E-state index contributed by atoms with van der Waals surface area (Å²) in [6.45, 7) is 1.10. The van der Waals surface area contributed by atoms with Crippen LogP contribution in [0.5, 0.6) is 5.75 Å². The molecule has 2 aromatic rings. The van der Waals surface area contributed by atoms with Crippen LogP contribution in [0.4, 0.5) is 26.2 Å². The van der Waals surface area contributed by atoms with Crippen molar-refractivity contribution >= 4 is 35.0 Å². The number of hydrogen-bond acceptors (Lipinski definition) is 6. The van der Waals surface area contributed by atoms with Gasteiger partial charge in [0.05, 0.1) is 24.3 Å². The smallest absolute Gasteiger partial charge is 0.414 e. The van der Waals surface area contributed by atoms with Gasteiger partial charge < -0.3 is 25.0 Å². The number of nitrogens with one attached hydrogen (secondary N) is 2. The molecule has 0 bridgehead atoms. The van der Waals surface area contributed by atoms with Crippen molar-refractivity contribution in [2.75, 3.05) is 41.9 Å². The quantitative estimate of drug-likeness (QED) is 0.649. The summed E-state index contributed by atoms with van der Waals surface area (Å²) in [6.07, 6.45) is 0.0294. The van der Waals surface area contributed by atoms with E-state index in [4.69, 9.17) is 9.47 Å². The molecule has 1 atom stereocenters. The highest BCUT2D eigenvalue weighted by Crippen LogP contribution is 2.34. The zero-order valence-electron chi connectivity index (χ0n) is 18.0. The van der Waals surface area contributed by atoms with Gasteiger partial charge in [-0.1, -0.05) is 6.07 Å². The summed E-state index contributed by atoms with van der Waals surface area (Å²) in [5.74, 6) is -0.102. The van der Waals surface area contributed by atoms with Crippen molar-refractivity contribution < 1.29 is 28.2 Å². The molecule has 2 N–H and O–H groups in total. The van der Waals surface area contributed by atoms with Gasteiger partial charge in [0.2, 0.25) is 5.91 Å². The van der Waals surface area contributed by atoms with Gasteiger partial charge in [0.15, 0.2) is 6.61 Å². The van der Waals surface area contributed by atoms with E-state index >= 15 is 0 Å². The van der Waals surface area contributed by atoms with Gasteiger partial charge in [0, 0.05) is 24.8 Å². The molecule has 3 heterocycles. The fraction of sp³-hybridized carbons (Fsp3) is 0.348. The number of amides is 3. The topological polar surface area (TPSA) is 100 Å². The van der Waals surface area contributed by atoms with Gasteiger partial charge >= 0.3 is 6.09 Å². The molecule has 10 heteroatoms. The van der Waals surface area contributed by atoms with Crippen molar-refractivity contribution in [2.45, 2.75) is 25.5 Å². The molecule has 1 fully saturated rings. The normalized spacial score (nSPS) is 19.2. The van der Waals surface area contributed by atoms with E-state index in [1.807, 2.05) is 0 Å². The zero-order valence-corrected chi connectivity index (χ0v) is 18.0. The van der Waals surface area contributed by atoms with E-state index in [2.05, 4.69) is 10.6 Å². The van der Waals surface area contributed by atoms with Gasteiger partial charge in [-0.15, -0.1) is 0 Å². The van der Waals surface area contributed by atoms with Crippen LogP contribution in [0.2, 0.25) is 0 Å². The van der Waals surface area contributed by atoms with E-state index in [-0.39, 0.29) is 43.3 Å². The molecule has 172 valence electrons. The van der Waals surface area contributed by atoms with Gasteiger partial charge in [0.25, 0.3) is 5.91 Å². The van der Waals surface area contributed by atoms with Gasteiger partial charge in [-0.25, -0.2) is 9.18 Å². The Morgan fingerprint density at radius 1 is 1.21 bits per heavy atom. The van der Waals surface area contributed by atoms with E-state index in [1.54, 1.807) is 31.3 Å². The molecule has 0 spiro atoms. The SMILES string of the molecule is CN1C(=O)Cc2ccc(F)c(CNCCC3CN(c4ccc5c(c4)NC(=O)CO5)C(=O)O3)c21. The summed E-state index contributed by atoms with van der Waals surface area (Å²) >= 11 is 0. The lowest BCUT2D eigenvalue weighted by Crippen LogP contribution is -2.28. The van der Waals surface area contributed by atoms with Gasteiger partial charge in [-0.3, -0.25) is 14.5 Å². The van der Waals surface area contributed by atoms with Crippen molar-refractivity contribution in [3.8, 4) is 5.75 Å². The Morgan fingerprint density at radius 3 is 2.91 bits per heavy atom. The van der Waals surface area contributed by atoms with Crippen LogP contribution in [0.25, 0.3) is 0 Å². The second-order valence-electron chi connectivity index (χ2n) is 8.26. The van der Waals surface area contributed by atoms with E-state index in [1.165, 1.54) is 15.9 Å². The number of hydrogen-bond donors (Lipinski definition) is 2. The lowest BCUT2D eigenvalue weighted by Gasteiger charge is -2.20. The molecule has 9 nitrogen and oxygen atoms in total. The Hall–Kier alpha value is -3.66. The lowest BCUT2D eigenvalue weighted by molar-refractivity contribution is -0.119. The lowest BCUT2D eigenvalue weighted by atomic mass is 10.1. The van der Waals surface area contributed by atoms with Crippen molar-refractivity contribution in [3.63, 3.8) is 0 Å². The summed E-state index contributed by atoms with van der Waals surface area (Å²) in [7, 11) is 1.65. The summed E-state index contributed by atoms with van der Waals surface area (Å²) in [6, 6.07) is 8.19. The number of rotatable bonds is 6. The molecule has 5 rings (SSSR count). The maximum Gasteiger partial charge on any atom is 0.414 e. The molecule has 2 aromatic carbocycles. The molecule has 3 amide bonds.